The van der Waals surface area contributed by atoms with E-state index in [1.165, 1.54) is 64.8 Å². The molecule has 4 saturated heterocycles. The van der Waals surface area contributed by atoms with Crippen molar-refractivity contribution in [1.29, 1.82) is 0 Å². The zero-order valence-electron chi connectivity index (χ0n) is 28.4. The summed E-state index contributed by atoms with van der Waals surface area (Å²) in [6.07, 6.45) is 0. The molecule has 0 radical (unpaired) electrons. The summed E-state index contributed by atoms with van der Waals surface area (Å²) < 4.78 is 51.6. The van der Waals surface area contributed by atoms with Gasteiger partial charge in [-0.15, -0.1) is 0 Å². The average Bonchev–Trinajstić information content (AvgIpc) is 3.82. The molecule has 0 aromatic heterocycles. The van der Waals surface area contributed by atoms with Gasteiger partial charge in [0.05, 0.1) is 63.7 Å². The first-order valence-corrected chi connectivity index (χ1v) is 16.4. The highest BCUT2D eigenvalue weighted by Gasteiger charge is 2.74. The predicted octanol–water partition coefficient (Wildman–Crippen LogP) is 4.44. The van der Waals surface area contributed by atoms with E-state index in [9.17, 15) is 28.0 Å². The van der Waals surface area contributed by atoms with Crippen molar-refractivity contribution < 1.29 is 46.9 Å². The van der Waals surface area contributed by atoms with E-state index in [1.807, 2.05) is 0 Å². The summed E-state index contributed by atoms with van der Waals surface area (Å²) in [5, 5.41) is 3.27. The molecule has 266 valence electrons. The van der Waals surface area contributed by atoms with Gasteiger partial charge in [-0.3, -0.25) is 19.2 Å². The van der Waals surface area contributed by atoms with Crippen molar-refractivity contribution in [3.05, 3.63) is 108 Å². The Morgan fingerprint density at radius 1 is 0.481 bits per heavy atom. The number of amides is 4. The molecule has 14 heteroatoms. The molecule has 4 heterocycles. The smallest absolute Gasteiger partial charge is 0.253 e. The Labute approximate surface area is 296 Å². The maximum Gasteiger partial charge on any atom is 0.253 e. The minimum atomic E-state index is -1.25. The van der Waals surface area contributed by atoms with Crippen LogP contribution in [0.25, 0.3) is 0 Å². The Hall–Kier alpha value is -5.86. The number of hydrogen-bond donors (Lipinski definition) is 0. The van der Waals surface area contributed by atoms with Crippen LogP contribution in [0.2, 0.25) is 0 Å². The van der Waals surface area contributed by atoms with Crippen LogP contribution in [0.15, 0.2) is 84.9 Å². The van der Waals surface area contributed by atoms with Crippen LogP contribution in [0, 0.1) is 23.5 Å². The second kappa shape index (κ2) is 12.4. The molecule has 6 unspecified atom stereocenters. The molecular weight excluding hydrogens is 678 g/mol. The summed E-state index contributed by atoms with van der Waals surface area (Å²) in [6.45, 7) is 0. The van der Waals surface area contributed by atoms with Crippen molar-refractivity contribution in [2.45, 2.75) is 24.2 Å². The van der Waals surface area contributed by atoms with Crippen LogP contribution >= 0.6 is 0 Å². The van der Waals surface area contributed by atoms with Crippen molar-refractivity contribution in [2.24, 2.45) is 11.8 Å². The summed E-state index contributed by atoms with van der Waals surface area (Å²) in [5.74, 6) is -4.69. The number of benzene rings is 4. The number of methoxy groups -OCH3 is 4. The van der Waals surface area contributed by atoms with E-state index in [0.717, 1.165) is 21.9 Å². The SMILES string of the molecule is COc1ccc(C2C3C(=O)N(c4cccc(F)c4)C(=O)C3N3C(c4ccc(OC)cc4OC)C4C(=O)N(c5cccc(F)c5)C(=O)C4N23)c(OC)c1. The molecule has 52 heavy (non-hydrogen) atoms. The number of halogens is 2. The van der Waals surface area contributed by atoms with Crippen LogP contribution in [0.3, 0.4) is 0 Å². The molecule has 0 spiro atoms. The van der Waals surface area contributed by atoms with Gasteiger partial charge in [-0.2, -0.15) is 0 Å². The molecule has 0 bridgehead atoms. The topological polar surface area (TPSA) is 118 Å². The first kappa shape index (κ1) is 33.3. The van der Waals surface area contributed by atoms with Gasteiger partial charge in [0.15, 0.2) is 0 Å². The monoisotopic (exact) mass is 710 g/mol. The number of hydrazine groups is 1. The van der Waals surface area contributed by atoms with Crippen LogP contribution in [-0.2, 0) is 19.2 Å². The van der Waals surface area contributed by atoms with E-state index < -0.39 is 71.3 Å². The van der Waals surface area contributed by atoms with Crippen molar-refractivity contribution >= 4 is 35.0 Å². The standard InChI is InChI=1S/C38H32F2N4O8/c1-49-23-11-13-25(27(17-23)51-3)31-29-33(37(47)41(35(29)45)21-9-5-7-19(39)15-21)44-32(26-14-12-24(50-2)18-28(26)52-4)30-34(43(31)44)38(48)42(36(30)46)22-10-6-8-20(40)16-22/h5-18,29-34H,1-4H3. The second-order valence-corrected chi connectivity index (χ2v) is 12.8. The summed E-state index contributed by atoms with van der Waals surface area (Å²) >= 11 is 0. The molecule has 12 nitrogen and oxygen atoms in total. The molecule has 6 atom stereocenters. The molecule has 4 aromatic carbocycles. The fourth-order valence-electron chi connectivity index (χ4n) is 8.31. The number of ether oxygens (including phenoxy) is 4. The van der Waals surface area contributed by atoms with E-state index in [1.54, 1.807) is 46.4 Å². The van der Waals surface area contributed by atoms with Gasteiger partial charge in [0.2, 0.25) is 11.8 Å². The van der Waals surface area contributed by atoms with E-state index in [0.29, 0.717) is 34.1 Å². The van der Waals surface area contributed by atoms with Crippen molar-refractivity contribution in [2.75, 3.05) is 38.2 Å². The van der Waals surface area contributed by atoms with Gasteiger partial charge >= 0.3 is 0 Å². The number of hydrogen-bond acceptors (Lipinski definition) is 10. The molecule has 4 aliphatic rings. The molecule has 4 fully saturated rings. The molecule has 8 rings (SSSR count). The van der Waals surface area contributed by atoms with Gasteiger partial charge in [-0.1, -0.05) is 12.1 Å². The minimum absolute atomic E-state index is 0.0406. The number of fused-ring (bicyclic) bond motifs is 5. The third-order valence-electron chi connectivity index (χ3n) is 10.4. The number of rotatable bonds is 8. The molecule has 0 aliphatic carbocycles. The van der Waals surface area contributed by atoms with Gasteiger partial charge in [0.1, 0.15) is 46.7 Å². The van der Waals surface area contributed by atoms with Crippen LogP contribution in [-0.4, -0.2) is 74.2 Å². The van der Waals surface area contributed by atoms with Gasteiger partial charge in [0.25, 0.3) is 11.8 Å². The van der Waals surface area contributed by atoms with Gasteiger partial charge in [-0.25, -0.2) is 28.6 Å². The molecule has 4 aliphatic heterocycles. The van der Waals surface area contributed by atoms with Crippen LogP contribution in [0.1, 0.15) is 23.2 Å². The Kier molecular flexibility index (Phi) is 7.95. The minimum Gasteiger partial charge on any atom is -0.497 e. The zero-order valence-corrected chi connectivity index (χ0v) is 28.4. The second-order valence-electron chi connectivity index (χ2n) is 12.8. The number of carbonyl (C=O) groups excluding carboxylic acids is 4. The van der Waals surface area contributed by atoms with E-state index in [2.05, 4.69) is 0 Å². The molecule has 0 N–H and O–H groups in total. The fourth-order valence-corrected chi connectivity index (χ4v) is 8.31. The average molecular weight is 711 g/mol. The summed E-state index contributed by atoms with van der Waals surface area (Å²) in [7, 11) is 5.85. The lowest BCUT2D eigenvalue weighted by atomic mass is 9.83. The lowest BCUT2D eigenvalue weighted by Crippen LogP contribution is -2.50. The summed E-state index contributed by atoms with van der Waals surface area (Å²) in [4.78, 5) is 60.7. The van der Waals surface area contributed by atoms with E-state index in [4.69, 9.17) is 18.9 Å². The van der Waals surface area contributed by atoms with E-state index in [-0.39, 0.29) is 11.4 Å². The molecular formula is C38H32F2N4O8. The molecule has 4 amide bonds. The maximum absolute atomic E-state index is 14.7. The Morgan fingerprint density at radius 2 is 0.885 bits per heavy atom. The predicted molar refractivity (Wildman–Crippen MR) is 181 cm³/mol. The number of anilines is 2. The maximum atomic E-state index is 14.7. The first-order chi connectivity index (χ1) is 25.1. The highest BCUT2D eigenvalue weighted by Crippen LogP contribution is 2.61. The third-order valence-corrected chi connectivity index (χ3v) is 10.4. The Morgan fingerprint density at radius 3 is 1.23 bits per heavy atom. The Bertz CT molecular complexity index is 2010. The van der Waals surface area contributed by atoms with Crippen molar-refractivity contribution in [1.82, 2.24) is 10.0 Å². The van der Waals surface area contributed by atoms with Crippen LogP contribution in [0.5, 0.6) is 23.0 Å². The summed E-state index contributed by atoms with van der Waals surface area (Å²) in [5.41, 5.74) is 0.958. The lowest BCUT2D eigenvalue weighted by molar-refractivity contribution is -0.136. The largest absolute Gasteiger partial charge is 0.497 e. The fraction of sp³-hybridized carbons (Fsp3) is 0.263. The van der Waals surface area contributed by atoms with Crippen LogP contribution < -0.4 is 28.7 Å². The lowest BCUT2D eigenvalue weighted by Gasteiger charge is -2.36. The third kappa shape index (κ3) is 4.70. The number of nitrogens with zero attached hydrogens (tertiary/aromatic N) is 4. The number of carbonyl (C=O) groups is 4. The van der Waals surface area contributed by atoms with Crippen molar-refractivity contribution in [3.63, 3.8) is 0 Å². The van der Waals surface area contributed by atoms with Gasteiger partial charge in [0, 0.05) is 23.3 Å². The highest BCUT2D eigenvalue weighted by molar-refractivity contribution is 6.26. The molecule has 4 aromatic rings. The van der Waals surface area contributed by atoms with E-state index >= 15 is 0 Å². The highest BCUT2D eigenvalue weighted by atomic mass is 19.1. The molecule has 0 saturated carbocycles. The summed E-state index contributed by atoms with van der Waals surface area (Å²) in [6, 6.07) is 15.7. The quantitative estimate of drug-likeness (QED) is 0.243. The zero-order chi connectivity index (χ0) is 36.6. The first-order valence-electron chi connectivity index (χ1n) is 16.4. The normalized spacial score (nSPS) is 25.4. The van der Waals surface area contributed by atoms with Gasteiger partial charge in [-0.05, 0) is 60.7 Å². The number of imide groups is 2. The van der Waals surface area contributed by atoms with Gasteiger partial charge < -0.3 is 18.9 Å². The Balaban J connectivity index is 1.38. The van der Waals surface area contributed by atoms with Crippen molar-refractivity contribution in [3.8, 4) is 23.0 Å². The van der Waals surface area contributed by atoms with Crippen LogP contribution in [0.4, 0.5) is 20.2 Å².